The van der Waals surface area contributed by atoms with E-state index in [0.717, 1.165) is 29.4 Å². The number of carbonyl (C=O) groups excluding carboxylic acids is 1. The van der Waals surface area contributed by atoms with Gasteiger partial charge in [-0.15, -0.1) is 5.10 Å². The molecule has 0 aliphatic carbocycles. The van der Waals surface area contributed by atoms with E-state index in [4.69, 9.17) is 0 Å². The molecule has 0 saturated heterocycles. The van der Waals surface area contributed by atoms with Crippen molar-refractivity contribution in [1.29, 1.82) is 0 Å². The summed E-state index contributed by atoms with van der Waals surface area (Å²) in [6, 6.07) is 7.79. The van der Waals surface area contributed by atoms with Gasteiger partial charge in [-0.3, -0.25) is 9.89 Å². The number of rotatable bonds is 7. The van der Waals surface area contributed by atoms with Crippen molar-refractivity contribution in [2.24, 2.45) is 0 Å². The number of aromatic amines is 1. The summed E-state index contributed by atoms with van der Waals surface area (Å²) in [5.41, 5.74) is 0.948. The van der Waals surface area contributed by atoms with Crippen LogP contribution in [0.25, 0.3) is 11.4 Å². The number of H-pyrrole nitrogens is 1. The fourth-order valence-corrected chi connectivity index (χ4v) is 2.77. The molecule has 2 aromatic rings. The Morgan fingerprint density at radius 1 is 1.43 bits per heavy atom. The second kappa shape index (κ2) is 8.19. The summed E-state index contributed by atoms with van der Waals surface area (Å²) >= 11 is 4.81. The second-order valence-electron chi connectivity index (χ2n) is 4.44. The van der Waals surface area contributed by atoms with Gasteiger partial charge in [-0.05, 0) is 12.5 Å². The Morgan fingerprint density at radius 2 is 2.24 bits per heavy atom. The first-order valence-corrected chi connectivity index (χ1v) is 8.55. The van der Waals surface area contributed by atoms with Crippen LogP contribution in [0.4, 0.5) is 0 Å². The number of nitrogens with zero attached hydrogens (tertiary/aromatic N) is 2. The maximum atomic E-state index is 11.6. The highest BCUT2D eigenvalue weighted by atomic mass is 79.9. The molecular weight excluding hydrogens is 352 g/mol. The summed E-state index contributed by atoms with van der Waals surface area (Å²) in [6.07, 6.45) is 2.08. The maximum absolute atomic E-state index is 11.6. The van der Waals surface area contributed by atoms with Crippen LogP contribution in [-0.4, -0.2) is 33.4 Å². The molecule has 0 fully saturated rings. The Bertz CT molecular complexity index is 602. The van der Waals surface area contributed by atoms with Crippen LogP contribution in [-0.2, 0) is 4.79 Å². The second-order valence-corrected chi connectivity index (χ2v) is 6.24. The Labute approximate surface area is 136 Å². The lowest BCUT2D eigenvalue weighted by molar-refractivity contribution is -0.118. The molecule has 0 aliphatic rings. The van der Waals surface area contributed by atoms with Gasteiger partial charge >= 0.3 is 0 Å². The third kappa shape index (κ3) is 4.86. The lowest BCUT2D eigenvalue weighted by Crippen LogP contribution is -2.26. The van der Waals surface area contributed by atoms with Gasteiger partial charge in [0.2, 0.25) is 11.1 Å². The molecule has 0 unspecified atom stereocenters. The van der Waals surface area contributed by atoms with Gasteiger partial charge in [0.1, 0.15) is 0 Å². The average Bonchev–Trinajstić information content (AvgIpc) is 2.94. The first-order valence-electron chi connectivity index (χ1n) is 6.77. The number of halogens is 1. The van der Waals surface area contributed by atoms with E-state index < -0.39 is 0 Å². The monoisotopic (exact) mass is 368 g/mol. The molecule has 1 aromatic heterocycles. The number of hydrogen-bond donors (Lipinski definition) is 2. The molecule has 1 aromatic carbocycles. The van der Waals surface area contributed by atoms with Crippen molar-refractivity contribution in [1.82, 2.24) is 20.5 Å². The van der Waals surface area contributed by atoms with Gasteiger partial charge in [0.25, 0.3) is 0 Å². The van der Waals surface area contributed by atoms with Crippen LogP contribution in [0.15, 0.2) is 33.9 Å². The Kier molecular flexibility index (Phi) is 6.25. The first kappa shape index (κ1) is 16.0. The number of hydrogen-bond acceptors (Lipinski definition) is 4. The van der Waals surface area contributed by atoms with Gasteiger partial charge in [0.05, 0.1) is 5.75 Å². The van der Waals surface area contributed by atoms with E-state index in [2.05, 4.69) is 43.4 Å². The average molecular weight is 369 g/mol. The molecule has 0 atom stereocenters. The summed E-state index contributed by atoms with van der Waals surface area (Å²) in [5.74, 6) is 1.04. The maximum Gasteiger partial charge on any atom is 0.230 e. The first-order chi connectivity index (χ1) is 10.2. The van der Waals surface area contributed by atoms with E-state index in [-0.39, 0.29) is 5.91 Å². The van der Waals surface area contributed by atoms with Crippen molar-refractivity contribution in [2.75, 3.05) is 12.3 Å². The molecule has 7 heteroatoms. The van der Waals surface area contributed by atoms with Crippen LogP contribution in [0.5, 0.6) is 0 Å². The van der Waals surface area contributed by atoms with E-state index >= 15 is 0 Å². The highest BCUT2D eigenvalue weighted by Crippen LogP contribution is 2.26. The largest absolute Gasteiger partial charge is 0.355 e. The van der Waals surface area contributed by atoms with Gasteiger partial charge in [-0.25, -0.2) is 4.98 Å². The molecule has 2 N–H and O–H groups in total. The molecular formula is C14H17BrN4OS. The molecule has 1 heterocycles. The Hall–Kier alpha value is -1.34. The summed E-state index contributed by atoms with van der Waals surface area (Å²) in [7, 11) is 0. The molecule has 5 nitrogen and oxygen atoms in total. The molecule has 0 spiro atoms. The quantitative estimate of drug-likeness (QED) is 0.581. The SMILES string of the molecule is CCCCNC(=O)CSc1n[nH]c(-c2ccccc2Br)n1. The van der Waals surface area contributed by atoms with Crippen LogP contribution in [0.3, 0.4) is 0 Å². The van der Waals surface area contributed by atoms with Crippen LogP contribution in [0.2, 0.25) is 0 Å². The zero-order valence-electron chi connectivity index (χ0n) is 11.7. The van der Waals surface area contributed by atoms with E-state index in [9.17, 15) is 4.79 Å². The van der Waals surface area contributed by atoms with Crippen LogP contribution in [0.1, 0.15) is 19.8 Å². The third-order valence-corrected chi connectivity index (χ3v) is 4.32. The number of amides is 1. The molecule has 0 bridgehead atoms. The van der Waals surface area contributed by atoms with Crippen LogP contribution >= 0.6 is 27.7 Å². The number of thioether (sulfide) groups is 1. The number of unbranched alkanes of at least 4 members (excludes halogenated alkanes) is 1. The van der Waals surface area contributed by atoms with E-state index in [1.165, 1.54) is 11.8 Å². The molecule has 21 heavy (non-hydrogen) atoms. The predicted octanol–water partition coefficient (Wildman–Crippen LogP) is 3.24. The zero-order valence-corrected chi connectivity index (χ0v) is 14.1. The third-order valence-electron chi connectivity index (χ3n) is 2.78. The van der Waals surface area contributed by atoms with E-state index in [0.29, 0.717) is 16.7 Å². The van der Waals surface area contributed by atoms with Crippen molar-refractivity contribution in [3.8, 4) is 11.4 Å². The molecule has 2 rings (SSSR count). The minimum atomic E-state index is 0.0145. The molecule has 112 valence electrons. The summed E-state index contributed by atoms with van der Waals surface area (Å²) in [6.45, 7) is 2.82. The van der Waals surface area contributed by atoms with Crippen molar-refractivity contribution < 1.29 is 4.79 Å². The fraction of sp³-hybridized carbons (Fsp3) is 0.357. The molecule has 0 saturated carbocycles. The lowest BCUT2D eigenvalue weighted by atomic mass is 10.2. The number of benzene rings is 1. The van der Waals surface area contributed by atoms with Crippen LogP contribution < -0.4 is 5.32 Å². The van der Waals surface area contributed by atoms with Crippen LogP contribution in [0, 0.1) is 0 Å². The Morgan fingerprint density at radius 3 is 3.00 bits per heavy atom. The number of aromatic nitrogens is 3. The standard InChI is InChI=1S/C14H17BrN4OS/c1-2-3-8-16-12(20)9-21-14-17-13(18-19-14)10-6-4-5-7-11(10)15/h4-7H,2-3,8-9H2,1H3,(H,16,20)(H,17,18,19). The predicted molar refractivity (Wildman–Crippen MR) is 88.2 cm³/mol. The summed E-state index contributed by atoms with van der Waals surface area (Å²) in [4.78, 5) is 16.0. The van der Waals surface area contributed by atoms with E-state index in [1.807, 2.05) is 24.3 Å². The Balaban J connectivity index is 1.89. The normalized spacial score (nSPS) is 10.6. The minimum Gasteiger partial charge on any atom is -0.355 e. The van der Waals surface area contributed by atoms with Gasteiger partial charge < -0.3 is 5.32 Å². The topological polar surface area (TPSA) is 70.7 Å². The van der Waals surface area contributed by atoms with Gasteiger partial charge in [-0.1, -0.05) is 59.2 Å². The van der Waals surface area contributed by atoms with Crippen molar-refractivity contribution in [2.45, 2.75) is 24.9 Å². The lowest BCUT2D eigenvalue weighted by Gasteiger charge is -2.01. The molecule has 1 amide bonds. The van der Waals surface area contributed by atoms with Crippen molar-refractivity contribution >= 4 is 33.6 Å². The van der Waals surface area contributed by atoms with Gasteiger partial charge in [-0.2, -0.15) is 0 Å². The molecule has 0 radical (unpaired) electrons. The van der Waals surface area contributed by atoms with Crippen molar-refractivity contribution in [3.05, 3.63) is 28.7 Å². The highest BCUT2D eigenvalue weighted by molar-refractivity contribution is 9.10. The summed E-state index contributed by atoms with van der Waals surface area (Å²) < 4.78 is 0.954. The molecule has 0 aliphatic heterocycles. The van der Waals surface area contributed by atoms with Gasteiger partial charge in [0.15, 0.2) is 5.82 Å². The minimum absolute atomic E-state index is 0.0145. The summed E-state index contributed by atoms with van der Waals surface area (Å²) in [5, 5.41) is 10.5. The zero-order chi connectivity index (χ0) is 15.1. The fourth-order valence-electron chi connectivity index (χ4n) is 1.67. The number of carbonyl (C=O) groups is 1. The van der Waals surface area contributed by atoms with Gasteiger partial charge in [0, 0.05) is 16.6 Å². The number of nitrogens with one attached hydrogen (secondary N) is 2. The smallest absolute Gasteiger partial charge is 0.230 e. The van der Waals surface area contributed by atoms with E-state index in [1.54, 1.807) is 0 Å². The highest BCUT2D eigenvalue weighted by Gasteiger charge is 2.10. The van der Waals surface area contributed by atoms with Crippen molar-refractivity contribution in [3.63, 3.8) is 0 Å².